The maximum atomic E-state index is 12.2. The van der Waals surface area contributed by atoms with E-state index in [-0.39, 0.29) is 0 Å². The van der Waals surface area contributed by atoms with Crippen LogP contribution in [-0.4, -0.2) is 21.6 Å². The number of nitrogens with one attached hydrogen (secondary N) is 2. The van der Waals surface area contributed by atoms with Gasteiger partial charge in [-0.2, -0.15) is 5.10 Å². The standard InChI is InChI=1S/C19H17ClN4O2/c1-12-10-13(2)24(23-12)17-8-6-14(7-9-17)18(25)21-22-19(26)15-4-3-5-16(20)11-15/h3-11H,1-2H3,(H,21,25)(H,22,26). The van der Waals surface area contributed by atoms with Crippen molar-refractivity contribution < 1.29 is 9.59 Å². The molecule has 0 saturated carbocycles. The van der Waals surface area contributed by atoms with Gasteiger partial charge < -0.3 is 0 Å². The van der Waals surface area contributed by atoms with Crippen LogP contribution in [0.5, 0.6) is 0 Å². The number of halogens is 1. The van der Waals surface area contributed by atoms with Gasteiger partial charge in [-0.25, -0.2) is 4.68 Å². The number of hydrogen-bond acceptors (Lipinski definition) is 3. The van der Waals surface area contributed by atoms with Gasteiger partial charge in [-0.15, -0.1) is 0 Å². The lowest BCUT2D eigenvalue weighted by molar-refractivity contribution is 0.0846. The SMILES string of the molecule is Cc1cc(C)n(-c2ccc(C(=O)NNC(=O)c3cccc(Cl)c3)cc2)n1. The van der Waals surface area contributed by atoms with E-state index in [1.807, 2.05) is 19.9 Å². The van der Waals surface area contributed by atoms with Crippen LogP contribution in [0.1, 0.15) is 32.1 Å². The molecular formula is C19H17ClN4O2. The molecular weight excluding hydrogens is 352 g/mol. The minimum Gasteiger partial charge on any atom is -0.267 e. The summed E-state index contributed by atoms with van der Waals surface area (Å²) in [5.74, 6) is -0.861. The molecule has 2 aromatic carbocycles. The van der Waals surface area contributed by atoms with E-state index in [1.165, 1.54) is 6.07 Å². The van der Waals surface area contributed by atoms with Crippen molar-refractivity contribution in [3.05, 3.63) is 82.1 Å². The fourth-order valence-electron chi connectivity index (χ4n) is 2.53. The average molecular weight is 369 g/mol. The lowest BCUT2D eigenvalue weighted by atomic mass is 10.2. The smallest absolute Gasteiger partial charge is 0.267 e. The Hall–Kier alpha value is -3.12. The van der Waals surface area contributed by atoms with Crippen molar-refractivity contribution >= 4 is 23.4 Å². The predicted octanol–water partition coefficient (Wildman–Crippen LogP) is 3.22. The number of amides is 2. The summed E-state index contributed by atoms with van der Waals surface area (Å²) >= 11 is 5.85. The molecule has 7 heteroatoms. The van der Waals surface area contributed by atoms with Crippen molar-refractivity contribution in [2.24, 2.45) is 0 Å². The Balaban J connectivity index is 1.65. The monoisotopic (exact) mass is 368 g/mol. The van der Waals surface area contributed by atoms with Gasteiger partial charge in [-0.1, -0.05) is 17.7 Å². The molecule has 2 amide bonds. The molecule has 0 spiro atoms. The van der Waals surface area contributed by atoms with Crippen LogP contribution >= 0.6 is 11.6 Å². The number of aryl methyl sites for hydroxylation is 2. The van der Waals surface area contributed by atoms with E-state index in [1.54, 1.807) is 47.1 Å². The lowest BCUT2D eigenvalue weighted by Crippen LogP contribution is -2.41. The molecule has 0 fully saturated rings. The Kier molecular flexibility index (Phi) is 5.04. The fourth-order valence-corrected chi connectivity index (χ4v) is 2.72. The number of aromatic nitrogens is 2. The van der Waals surface area contributed by atoms with Gasteiger partial charge in [-0.3, -0.25) is 20.4 Å². The minimum absolute atomic E-state index is 0.359. The molecule has 0 atom stereocenters. The second kappa shape index (κ2) is 7.41. The van der Waals surface area contributed by atoms with E-state index in [0.29, 0.717) is 16.1 Å². The van der Waals surface area contributed by atoms with Crippen molar-refractivity contribution in [3.8, 4) is 5.69 Å². The minimum atomic E-state index is -0.444. The number of rotatable bonds is 3. The number of carbonyl (C=O) groups is 2. The zero-order valence-corrected chi connectivity index (χ0v) is 15.0. The third-order valence-corrected chi connectivity index (χ3v) is 4.00. The maximum Gasteiger partial charge on any atom is 0.269 e. The molecule has 3 aromatic rings. The number of hydrazine groups is 1. The van der Waals surface area contributed by atoms with Crippen molar-refractivity contribution in [2.45, 2.75) is 13.8 Å². The van der Waals surface area contributed by atoms with Crippen molar-refractivity contribution in [3.63, 3.8) is 0 Å². The molecule has 132 valence electrons. The highest BCUT2D eigenvalue weighted by atomic mass is 35.5. The zero-order valence-electron chi connectivity index (χ0n) is 14.3. The summed E-state index contributed by atoms with van der Waals surface area (Å²) in [6.07, 6.45) is 0. The molecule has 0 aliphatic carbocycles. The number of benzene rings is 2. The van der Waals surface area contributed by atoms with Gasteiger partial charge in [0.25, 0.3) is 11.8 Å². The first-order valence-corrected chi connectivity index (χ1v) is 8.32. The van der Waals surface area contributed by atoms with Gasteiger partial charge in [-0.05, 0) is 62.4 Å². The summed E-state index contributed by atoms with van der Waals surface area (Å²) in [5.41, 5.74) is 8.32. The van der Waals surface area contributed by atoms with Crippen molar-refractivity contribution in [1.82, 2.24) is 20.6 Å². The summed E-state index contributed by atoms with van der Waals surface area (Å²) < 4.78 is 1.80. The molecule has 6 nitrogen and oxygen atoms in total. The Labute approximate surface area is 155 Å². The molecule has 0 aliphatic heterocycles. The molecule has 0 bridgehead atoms. The highest BCUT2D eigenvalue weighted by molar-refractivity contribution is 6.30. The van der Waals surface area contributed by atoms with Crippen LogP contribution in [0.15, 0.2) is 54.6 Å². The van der Waals surface area contributed by atoms with E-state index < -0.39 is 11.8 Å². The second-order valence-corrected chi connectivity index (χ2v) is 6.24. The predicted molar refractivity (Wildman–Crippen MR) is 99.4 cm³/mol. The van der Waals surface area contributed by atoms with Gasteiger partial charge in [0.1, 0.15) is 0 Å². The Morgan fingerprint density at radius 3 is 2.15 bits per heavy atom. The van der Waals surface area contributed by atoms with Crippen molar-refractivity contribution in [1.29, 1.82) is 0 Å². The fraction of sp³-hybridized carbons (Fsp3) is 0.105. The average Bonchev–Trinajstić information content (AvgIpc) is 2.97. The third kappa shape index (κ3) is 3.92. The van der Waals surface area contributed by atoms with Crippen LogP contribution in [0.3, 0.4) is 0 Å². The van der Waals surface area contributed by atoms with E-state index in [2.05, 4.69) is 16.0 Å². The molecule has 0 unspecified atom stereocenters. The Bertz CT molecular complexity index is 964. The molecule has 0 saturated heterocycles. The van der Waals surface area contributed by atoms with E-state index >= 15 is 0 Å². The van der Waals surface area contributed by atoms with Gasteiger partial charge in [0, 0.05) is 21.8 Å². The van der Waals surface area contributed by atoms with Crippen LogP contribution in [0, 0.1) is 13.8 Å². The first-order valence-electron chi connectivity index (χ1n) is 7.94. The Morgan fingerprint density at radius 2 is 1.58 bits per heavy atom. The summed E-state index contributed by atoms with van der Waals surface area (Å²) in [6, 6.07) is 15.4. The van der Waals surface area contributed by atoms with Gasteiger partial charge in [0.2, 0.25) is 0 Å². The summed E-state index contributed by atoms with van der Waals surface area (Å²) in [5, 5.41) is 4.85. The maximum absolute atomic E-state index is 12.2. The normalized spacial score (nSPS) is 10.4. The molecule has 3 rings (SSSR count). The van der Waals surface area contributed by atoms with Gasteiger partial charge >= 0.3 is 0 Å². The highest BCUT2D eigenvalue weighted by Gasteiger charge is 2.10. The quantitative estimate of drug-likeness (QED) is 0.697. The first-order chi connectivity index (χ1) is 12.4. The van der Waals surface area contributed by atoms with Crippen LogP contribution in [0.25, 0.3) is 5.69 Å². The topological polar surface area (TPSA) is 76.0 Å². The van der Waals surface area contributed by atoms with Crippen LogP contribution in [0.2, 0.25) is 5.02 Å². The Morgan fingerprint density at radius 1 is 0.923 bits per heavy atom. The van der Waals surface area contributed by atoms with E-state index in [4.69, 9.17) is 11.6 Å². The molecule has 0 radical (unpaired) electrons. The van der Waals surface area contributed by atoms with Gasteiger partial charge in [0.15, 0.2) is 0 Å². The molecule has 2 N–H and O–H groups in total. The van der Waals surface area contributed by atoms with Crippen LogP contribution < -0.4 is 10.9 Å². The number of hydrogen-bond donors (Lipinski definition) is 2. The number of carbonyl (C=O) groups excluding carboxylic acids is 2. The third-order valence-electron chi connectivity index (χ3n) is 3.76. The van der Waals surface area contributed by atoms with E-state index in [9.17, 15) is 9.59 Å². The lowest BCUT2D eigenvalue weighted by Gasteiger charge is -2.09. The molecule has 1 aromatic heterocycles. The number of nitrogens with zero attached hydrogens (tertiary/aromatic N) is 2. The van der Waals surface area contributed by atoms with Crippen LogP contribution in [0.4, 0.5) is 0 Å². The summed E-state index contributed by atoms with van der Waals surface area (Å²) in [6.45, 7) is 3.89. The first kappa shape index (κ1) is 17.7. The van der Waals surface area contributed by atoms with Gasteiger partial charge in [0.05, 0.1) is 11.4 Å². The van der Waals surface area contributed by atoms with Crippen LogP contribution in [-0.2, 0) is 0 Å². The highest BCUT2D eigenvalue weighted by Crippen LogP contribution is 2.13. The van der Waals surface area contributed by atoms with E-state index in [0.717, 1.165) is 17.1 Å². The molecule has 1 heterocycles. The summed E-state index contributed by atoms with van der Waals surface area (Å²) in [4.78, 5) is 24.2. The van der Waals surface area contributed by atoms with Crippen molar-refractivity contribution in [2.75, 3.05) is 0 Å². The molecule has 0 aliphatic rings. The summed E-state index contributed by atoms with van der Waals surface area (Å²) in [7, 11) is 0. The largest absolute Gasteiger partial charge is 0.269 e. The molecule has 26 heavy (non-hydrogen) atoms. The second-order valence-electron chi connectivity index (χ2n) is 5.80. The zero-order chi connectivity index (χ0) is 18.7.